The fourth-order valence-electron chi connectivity index (χ4n) is 3.27. The lowest BCUT2D eigenvalue weighted by Gasteiger charge is -2.31. The second-order valence-corrected chi connectivity index (χ2v) is 6.69. The van der Waals surface area contributed by atoms with Gasteiger partial charge >= 0.3 is 0 Å². The van der Waals surface area contributed by atoms with E-state index >= 15 is 0 Å². The van der Waals surface area contributed by atoms with Crippen molar-refractivity contribution in [3.8, 4) is 0 Å². The molecule has 2 aromatic carbocycles. The minimum atomic E-state index is -0.981. The van der Waals surface area contributed by atoms with Crippen LogP contribution in [-0.2, 0) is 4.79 Å². The topological polar surface area (TPSA) is 66.5 Å². The number of likely N-dealkylation sites (tertiary alicyclic amines) is 1. The number of ketones is 1. The second-order valence-electron chi connectivity index (χ2n) is 6.69. The van der Waals surface area contributed by atoms with Gasteiger partial charge in [0.1, 0.15) is 11.6 Å². The fourth-order valence-corrected chi connectivity index (χ4v) is 3.27. The van der Waals surface area contributed by atoms with Gasteiger partial charge in [-0.1, -0.05) is 30.3 Å². The SMILES string of the molecule is O=C(NCC(=O)N1CCC(C(=O)c2ccccc2)CC1)c1ccc(F)cc1F. The summed E-state index contributed by atoms with van der Waals surface area (Å²) in [7, 11) is 0. The molecule has 0 unspecified atom stereocenters. The average molecular weight is 386 g/mol. The number of carbonyl (C=O) groups is 3. The van der Waals surface area contributed by atoms with Crippen molar-refractivity contribution in [2.75, 3.05) is 19.6 Å². The number of piperidine rings is 1. The molecule has 0 saturated carbocycles. The van der Waals surface area contributed by atoms with Gasteiger partial charge in [0, 0.05) is 30.6 Å². The minimum absolute atomic E-state index is 0.0767. The van der Waals surface area contributed by atoms with E-state index in [1.54, 1.807) is 17.0 Å². The number of Topliss-reactive ketones (excluding diaryl/α,β-unsaturated/α-hetero) is 1. The van der Waals surface area contributed by atoms with Crippen LogP contribution in [0.4, 0.5) is 8.78 Å². The Kier molecular flexibility index (Phi) is 6.13. The highest BCUT2D eigenvalue weighted by Crippen LogP contribution is 2.21. The first kappa shape index (κ1) is 19.7. The van der Waals surface area contributed by atoms with Gasteiger partial charge in [0.15, 0.2) is 5.78 Å². The lowest BCUT2D eigenvalue weighted by atomic mass is 9.89. The maximum Gasteiger partial charge on any atom is 0.254 e. The van der Waals surface area contributed by atoms with E-state index < -0.39 is 17.5 Å². The molecule has 1 saturated heterocycles. The molecule has 146 valence electrons. The average Bonchev–Trinajstić information content (AvgIpc) is 2.72. The number of nitrogens with zero attached hydrogens (tertiary/aromatic N) is 1. The van der Waals surface area contributed by atoms with E-state index in [1.807, 2.05) is 18.2 Å². The van der Waals surface area contributed by atoms with Crippen molar-refractivity contribution in [3.63, 3.8) is 0 Å². The largest absolute Gasteiger partial charge is 0.343 e. The van der Waals surface area contributed by atoms with E-state index in [4.69, 9.17) is 0 Å². The molecule has 0 atom stereocenters. The molecule has 2 amide bonds. The van der Waals surface area contributed by atoms with Crippen LogP contribution in [0.15, 0.2) is 48.5 Å². The van der Waals surface area contributed by atoms with Gasteiger partial charge in [0.05, 0.1) is 12.1 Å². The Bertz CT molecular complexity index is 878. The molecule has 3 rings (SSSR count). The Morgan fingerprint density at radius 3 is 2.32 bits per heavy atom. The van der Waals surface area contributed by atoms with E-state index in [-0.39, 0.29) is 29.7 Å². The molecule has 0 bridgehead atoms. The first-order valence-corrected chi connectivity index (χ1v) is 9.06. The van der Waals surface area contributed by atoms with Gasteiger partial charge in [-0.05, 0) is 25.0 Å². The van der Waals surface area contributed by atoms with Crippen LogP contribution in [0.1, 0.15) is 33.6 Å². The van der Waals surface area contributed by atoms with Gasteiger partial charge in [-0.2, -0.15) is 0 Å². The summed E-state index contributed by atoms with van der Waals surface area (Å²) in [6, 6.07) is 11.7. The number of benzene rings is 2. The standard InChI is InChI=1S/C21H20F2N2O3/c22-16-6-7-17(18(23)12-16)21(28)24-13-19(26)25-10-8-15(9-11-25)20(27)14-4-2-1-3-5-14/h1-7,12,15H,8-11,13H2,(H,24,28). The highest BCUT2D eigenvalue weighted by atomic mass is 19.1. The van der Waals surface area contributed by atoms with Crippen LogP contribution in [0.3, 0.4) is 0 Å². The maximum absolute atomic E-state index is 13.6. The number of nitrogens with one attached hydrogen (secondary N) is 1. The third-order valence-corrected chi connectivity index (χ3v) is 4.85. The molecular formula is C21H20F2N2O3. The van der Waals surface area contributed by atoms with E-state index in [0.717, 1.165) is 12.1 Å². The molecule has 1 aliphatic heterocycles. The van der Waals surface area contributed by atoms with Crippen molar-refractivity contribution in [1.82, 2.24) is 10.2 Å². The fraction of sp³-hybridized carbons (Fsp3) is 0.286. The van der Waals surface area contributed by atoms with Gasteiger partial charge in [-0.15, -0.1) is 0 Å². The third kappa shape index (κ3) is 4.60. The molecular weight excluding hydrogens is 366 g/mol. The third-order valence-electron chi connectivity index (χ3n) is 4.85. The van der Waals surface area contributed by atoms with Crippen molar-refractivity contribution in [3.05, 3.63) is 71.3 Å². The van der Waals surface area contributed by atoms with Gasteiger partial charge in [-0.3, -0.25) is 14.4 Å². The van der Waals surface area contributed by atoms with Crippen LogP contribution >= 0.6 is 0 Å². The zero-order valence-electron chi connectivity index (χ0n) is 15.2. The number of carbonyl (C=O) groups excluding carboxylic acids is 3. The number of amides is 2. The molecule has 1 N–H and O–H groups in total. The molecule has 2 aromatic rings. The molecule has 0 spiro atoms. The molecule has 5 nitrogen and oxygen atoms in total. The maximum atomic E-state index is 13.6. The van der Waals surface area contributed by atoms with Gasteiger partial charge in [0.25, 0.3) is 5.91 Å². The summed E-state index contributed by atoms with van der Waals surface area (Å²) in [6.45, 7) is 0.554. The summed E-state index contributed by atoms with van der Waals surface area (Å²) >= 11 is 0. The number of halogens is 2. The van der Waals surface area contributed by atoms with Crippen LogP contribution in [0.5, 0.6) is 0 Å². The van der Waals surface area contributed by atoms with E-state index in [0.29, 0.717) is 37.6 Å². The summed E-state index contributed by atoms with van der Waals surface area (Å²) in [5.74, 6) is -2.90. The number of rotatable bonds is 5. The number of hydrogen-bond donors (Lipinski definition) is 1. The summed E-state index contributed by atoms with van der Waals surface area (Å²) in [5.41, 5.74) is 0.349. The highest BCUT2D eigenvalue weighted by molar-refractivity contribution is 5.98. The Morgan fingerprint density at radius 2 is 1.68 bits per heavy atom. The van der Waals surface area contributed by atoms with Crippen molar-refractivity contribution in [1.29, 1.82) is 0 Å². The first-order chi connectivity index (χ1) is 13.5. The Morgan fingerprint density at radius 1 is 1.00 bits per heavy atom. The normalized spacial score (nSPS) is 14.6. The van der Waals surface area contributed by atoms with Crippen LogP contribution < -0.4 is 5.32 Å². The van der Waals surface area contributed by atoms with Crippen LogP contribution in [0.2, 0.25) is 0 Å². The molecule has 28 heavy (non-hydrogen) atoms. The van der Waals surface area contributed by atoms with Crippen molar-refractivity contribution >= 4 is 17.6 Å². The van der Waals surface area contributed by atoms with Gasteiger partial charge in [-0.25, -0.2) is 8.78 Å². The monoisotopic (exact) mass is 386 g/mol. The molecule has 0 radical (unpaired) electrons. The second kappa shape index (κ2) is 8.73. The summed E-state index contributed by atoms with van der Waals surface area (Å²) in [4.78, 5) is 38.3. The quantitative estimate of drug-likeness (QED) is 0.804. The Balaban J connectivity index is 1.49. The summed E-state index contributed by atoms with van der Waals surface area (Å²) in [6.07, 6.45) is 1.11. The summed E-state index contributed by atoms with van der Waals surface area (Å²) in [5, 5.41) is 2.36. The van der Waals surface area contributed by atoms with E-state index in [2.05, 4.69) is 5.32 Å². The van der Waals surface area contributed by atoms with Gasteiger partial charge in [0.2, 0.25) is 5.91 Å². The van der Waals surface area contributed by atoms with Crippen molar-refractivity contribution in [2.45, 2.75) is 12.8 Å². The molecule has 1 aliphatic rings. The number of hydrogen-bond acceptors (Lipinski definition) is 3. The zero-order valence-corrected chi connectivity index (χ0v) is 15.2. The Labute approximate surface area is 161 Å². The van der Waals surface area contributed by atoms with Crippen molar-refractivity contribution in [2.24, 2.45) is 5.92 Å². The predicted molar refractivity (Wildman–Crippen MR) is 98.8 cm³/mol. The zero-order chi connectivity index (χ0) is 20.1. The minimum Gasteiger partial charge on any atom is -0.343 e. The van der Waals surface area contributed by atoms with Crippen molar-refractivity contribution < 1.29 is 23.2 Å². The van der Waals surface area contributed by atoms with Crippen LogP contribution in [0, 0.1) is 17.6 Å². The van der Waals surface area contributed by atoms with Crippen LogP contribution in [0.25, 0.3) is 0 Å². The lowest BCUT2D eigenvalue weighted by Crippen LogP contribution is -2.45. The molecule has 0 aromatic heterocycles. The first-order valence-electron chi connectivity index (χ1n) is 9.06. The Hall–Kier alpha value is -3.09. The molecule has 0 aliphatic carbocycles. The predicted octanol–water partition coefficient (Wildman–Crippen LogP) is 2.82. The lowest BCUT2D eigenvalue weighted by molar-refractivity contribution is -0.131. The smallest absolute Gasteiger partial charge is 0.254 e. The van der Waals surface area contributed by atoms with E-state index in [9.17, 15) is 23.2 Å². The van der Waals surface area contributed by atoms with E-state index in [1.165, 1.54) is 0 Å². The highest BCUT2D eigenvalue weighted by Gasteiger charge is 2.28. The molecule has 7 heteroatoms. The summed E-state index contributed by atoms with van der Waals surface area (Å²) < 4.78 is 26.5. The van der Waals surface area contributed by atoms with Crippen LogP contribution in [-0.4, -0.2) is 42.1 Å². The molecule has 1 heterocycles. The van der Waals surface area contributed by atoms with Gasteiger partial charge < -0.3 is 10.2 Å². The molecule has 1 fully saturated rings.